The highest BCUT2D eigenvalue weighted by atomic mass is 35.5. The van der Waals surface area contributed by atoms with Gasteiger partial charge < -0.3 is 5.32 Å². The zero-order valence-corrected chi connectivity index (χ0v) is 16.4. The topological polar surface area (TPSA) is 71.8 Å². The van der Waals surface area contributed by atoms with Crippen LogP contribution in [0.2, 0.25) is 5.02 Å². The Bertz CT molecular complexity index is 1060. The summed E-state index contributed by atoms with van der Waals surface area (Å²) in [5.74, 6) is 0.262. The van der Waals surface area contributed by atoms with Crippen LogP contribution < -0.4 is 10.6 Å². The molecule has 148 valence electrons. The lowest BCUT2D eigenvalue weighted by Crippen LogP contribution is -2.20. The van der Waals surface area contributed by atoms with E-state index in [0.717, 1.165) is 23.2 Å². The van der Waals surface area contributed by atoms with Gasteiger partial charge in [-0.15, -0.1) is 5.10 Å². The van der Waals surface area contributed by atoms with Gasteiger partial charge in [-0.3, -0.25) is 10.1 Å². The summed E-state index contributed by atoms with van der Waals surface area (Å²) in [6.07, 6.45) is 3.11. The van der Waals surface area contributed by atoms with E-state index >= 15 is 0 Å². The van der Waals surface area contributed by atoms with Gasteiger partial charge in [0.1, 0.15) is 11.9 Å². The average molecular weight is 412 g/mol. The number of nitrogens with one attached hydrogen (secondary N) is 2. The molecule has 0 saturated heterocycles. The Labute approximate surface area is 172 Å². The molecule has 0 fully saturated rings. The molecule has 3 aromatic rings. The van der Waals surface area contributed by atoms with Gasteiger partial charge >= 0.3 is 0 Å². The smallest absolute Gasteiger partial charge is 0.250 e. The number of anilines is 2. The van der Waals surface area contributed by atoms with Gasteiger partial charge in [0.05, 0.1) is 0 Å². The maximum atomic E-state index is 13.4. The van der Waals surface area contributed by atoms with E-state index in [2.05, 4.69) is 20.7 Å². The molecule has 1 amide bonds. The lowest BCUT2D eigenvalue weighted by molar-refractivity contribution is -0.116. The van der Waals surface area contributed by atoms with Gasteiger partial charge in [-0.25, -0.2) is 9.07 Å². The Balaban J connectivity index is 1.73. The quantitative estimate of drug-likeness (QED) is 0.628. The third-order valence-electron chi connectivity index (χ3n) is 4.56. The van der Waals surface area contributed by atoms with Crippen molar-refractivity contribution >= 4 is 35.1 Å². The van der Waals surface area contributed by atoms with Gasteiger partial charge in [-0.05, 0) is 47.9 Å². The number of carbonyl (C=O) groups excluding carboxylic acids is 1. The van der Waals surface area contributed by atoms with Crippen LogP contribution in [0, 0.1) is 5.82 Å². The Hall–Kier alpha value is -3.19. The Morgan fingerprint density at radius 2 is 1.93 bits per heavy atom. The molecule has 0 spiro atoms. The lowest BCUT2D eigenvalue weighted by Gasteiger charge is -2.24. The molecule has 1 atom stereocenters. The molecule has 2 aromatic carbocycles. The van der Waals surface area contributed by atoms with E-state index in [1.54, 1.807) is 16.8 Å². The number of hydrogen-bond donors (Lipinski definition) is 2. The van der Waals surface area contributed by atoms with Gasteiger partial charge in [0, 0.05) is 17.1 Å². The molecule has 2 heterocycles. The SMILES string of the molecule is CCCC(=O)Nc1nc2n(n1)[C@H](c1ccc(F)cc1)C=C(c1ccc(Cl)cc1)N2. The fourth-order valence-corrected chi connectivity index (χ4v) is 3.28. The fraction of sp³-hybridized carbons (Fsp3) is 0.190. The third-order valence-corrected chi connectivity index (χ3v) is 4.81. The van der Waals surface area contributed by atoms with Crippen molar-refractivity contribution in [2.24, 2.45) is 0 Å². The summed E-state index contributed by atoms with van der Waals surface area (Å²) in [5, 5.41) is 11.1. The predicted molar refractivity (Wildman–Crippen MR) is 111 cm³/mol. The number of hydrogen-bond acceptors (Lipinski definition) is 4. The highest BCUT2D eigenvalue weighted by Crippen LogP contribution is 2.33. The minimum atomic E-state index is -0.318. The number of benzene rings is 2. The minimum Gasteiger partial charge on any atom is -0.324 e. The monoisotopic (exact) mass is 411 g/mol. The van der Waals surface area contributed by atoms with Gasteiger partial charge in [0.15, 0.2) is 0 Å². The first kappa shape index (κ1) is 19.1. The first-order valence-corrected chi connectivity index (χ1v) is 9.68. The van der Waals surface area contributed by atoms with Crippen molar-refractivity contribution in [2.75, 3.05) is 10.6 Å². The molecule has 6 nitrogen and oxygen atoms in total. The molecule has 8 heteroatoms. The normalized spacial score (nSPS) is 15.3. The molecule has 29 heavy (non-hydrogen) atoms. The molecule has 0 unspecified atom stereocenters. The molecule has 0 aliphatic carbocycles. The maximum Gasteiger partial charge on any atom is 0.250 e. The van der Waals surface area contributed by atoms with Crippen LogP contribution in [0.3, 0.4) is 0 Å². The minimum absolute atomic E-state index is 0.139. The van der Waals surface area contributed by atoms with E-state index in [9.17, 15) is 9.18 Å². The van der Waals surface area contributed by atoms with Crippen LogP contribution in [0.5, 0.6) is 0 Å². The second-order valence-corrected chi connectivity index (χ2v) is 7.15. The summed E-state index contributed by atoms with van der Waals surface area (Å²) in [4.78, 5) is 16.4. The zero-order valence-electron chi connectivity index (χ0n) is 15.7. The van der Waals surface area contributed by atoms with Gasteiger partial charge in [0.2, 0.25) is 11.9 Å². The number of nitrogens with zero attached hydrogens (tertiary/aromatic N) is 3. The average Bonchev–Trinajstić information content (AvgIpc) is 3.11. The Morgan fingerprint density at radius 3 is 2.62 bits per heavy atom. The van der Waals surface area contributed by atoms with E-state index in [-0.39, 0.29) is 23.7 Å². The molecule has 1 aromatic heterocycles. The van der Waals surface area contributed by atoms with Crippen molar-refractivity contribution in [3.63, 3.8) is 0 Å². The van der Waals surface area contributed by atoms with Crippen molar-refractivity contribution in [3.05, 3.63) is 76.6 Å². The van der Waals surface area contributed by atoms with Crippen LogP contribution in [0.4, 0.5) is 16.3 Å². The summed E-state index contributed by atoms with van der Waals surface area (Å²) in [7, 11) is 0. The molecule has 1 aliphatic heterocycles. The van der Waals surface area contributed by atoms with Gasteiger partial charge in [0.25, 0.3) is 5.95 Å². The summed E-state index contributed by atoms with van der Waals surface area (Å²) >= 11 is 6.01. The first-order valence-electron chi connectivity index (χ1n) is 9.30. The molecular weight excluding hydrogens is 393 g/mol. The number of rotatable bonds is 5. The highest BCUT2D eigenvalue weighted by molar-refractivity contribution is 6.30. The maximum absolute atomic E-state index is 13.4. The number of fused-ring (bicyclic) bond motifs is 1. The van der Waals surface area contributed by atoms with Crippen LogP contribution >= 0.6 is 11.6 Å². The summed E-state index contributed by atoms with van der Waals surface area (Å²) in [6.45, 7) is 1.93. The predicted octanol–water partition coefficient (Wildman–Crippen LogP) is 4.87. The van der Waals surface area contributed by atoms with Crippen LogP contribution in [0.1, 0.15) is 36.9 Å². The van der Waals surface area contributed by atoms with Crippen LogP contribution in [-0.2, 0) is 4.79 Å². The molecule has 1 aliphatic rings. The number of allylic oxidation sites excluding steroid dienone is 1. The van der Waals surface area contributed by atoms with Crippen LogP contribution in [-0.4, -0.2) is 20.7 Å². The summed E-state index contributed by atoms with van der Waals surface area (Å²) < 4.78 is 15.1. The molecule has 0 bridgehead atoms. The van der Waals surface area contributed by atoms with Crippen molar-refractivity contribution in [2.45, 2.75) is 25.8 Å². The molecule has 0 saturated carbocycles. The summed E-state index contributed by atoms with van der Waals surface area (Å²) in [6, 6.07) is 13.3. The highest BCUT2D eigenvalue weighted by Gasteiger charge is 2.25. The second kappa shape index (κ2) is 8.05. The standard InChI is InChI=1S/C21H19ClFN5O/c1-2-3-19(29)25-20-26-21-24-17(13-4-8-15(22)9-5-13)12-18(28(21)27-20)14-6-10-16(23)11-7-14/h4-12,18H,2-3H2,1H3,(H2,24,25,26,27,29)/t18-/m0/s1. The van der Waals surface area contributed by atoms with E-state index < -0.39 is 0 Å². The van der Waals surface area contributed by atoms with E-state index in [1.165, 1.54) is 12.1 Å². The number of amides is 1. The lowest BCUT2D eigenvalue weighted by atomic mass is 10.0. The van der Waals surface area contributed by atoms with Crippen LogP contribution in [0.25, 0.3) is 5.70 Å². The van der Waals surface area contributed by atoms with Crippen molar-refractivity contribution in [1.29, 1.82) is 0 Å². The molecular formula is C21H19ClFN5O. The zero-order chi connectivity index (χ0) is 20.4. The van der Waals surface area contributed by atoms with E-state index in [0.29, 0.717) is 17.4 Å². The van der Waals surface area contributed by atoms with Crippen molar-refractivity contribution in [3.8, 4) is 0 Å². The number of carbonyl (C=O) groups is 1. The van der Waals surface area contributed by atoms with Gasteiger partial charge in [-0.1, -0.05) is 42.8 Å². The van der Waals surface area contributed by atoms with Crippen molar-refractivity contribution < 1.29 is 9.18 Å². The number of halogens is 2. The number of aromatic nitrogens is 3. The Kier molecular flexibility index (Phi) is 5.31. The van der Waals surface area contributed by atoms with Crippen LogP contribution in [0.15, 0.2) is 54.6 Å². The first-order chi connectivity index (χ1) is 14.0. The largest absolute Gasteiger partial charge is 0.324 e. The second-order valence-electron chi connectivity index (χ2n) is 6.71. The van der Waals surface area contributed by atoms with Crippen molar-refractivity contribution in [1.82, 2.24) is 14.8 Å². The van der Waals surface area contributed by atoms with E-state index in [1.807, 2.05) is 37.3 Å². The fourth-order valence-electron chi connectivity index (χ4n) is 3.16. The summed E-state index contributed by atoms with van der Waals surface area (Å²) in [5.41, 5.74) is 2.59. The van der Waals surface area contributed by atoms with Gasteiger partial charge in [-0.2, -0.15) is 4.98 Å². The Morgan fingerprint density at radius 1 is 1.21 bits per heavy atom. The van der Waals surface area contributed by atoms with E-state index in [4.69, 9.17) is 11.6 Å². The molecule has 4 rings (SSSR count). The third kappa shape index (κ3) is 4.14. The molecule has 0 radical (unpaired) electrons. The molecule has 2 N–H and O–H groups in total.